The molecule has 0 aromatic heterocycles. The second-order valence-corrected chi connectivity index (χ2v) is 7.82. The van der Waals surface area contributed by atoms with E-state index in [2.05, 4.69) is 17.2 Å². The maximum atomic E-state index is 13.0. The molecule has 4 nitrogen and oxygen atoms in total. The van der Waals surface area contributed by atoms with Crippen LogP contribution in [0.25, 0.3) is 0 Å². The third kappa shape index (κ3) is 5.25. The van der Waals surface area contributed by atoms with E-state index in [9.17, 15) is 9.59 Å². The second kappa shape index (κ2) is 10.5. The fourth-order valence-electron chi connectivity index (χ4n) is 3.97. The first-order valence-electron chi connectivity index (χ1n) is 11.0. The molecule has 1 heterocycles. The van der Waals surface area contributed by atoms with Gasteiger partial charge in [0.05, 0.1) is 12.5 Å². The van der Waals surface area contributed by atoms with E-state index in [0.717, 1.165) is 41.8 Å². The van der Waals surface area contributed by atoms with Crippen molar-refractivity contribution in [1.29, 1.82) is 0 Å². The quantitative estimate of drug-likeness (QED) is 0.616. The van der Waals surface area contributed by atoms with Crippen LogP contribution in [-0.4, -0.2) is 24.9 Å². The first-order valence-corrected chi connectivity index (χ1v) is 11.0. The van der Waals surface area contributed by atoms with Crippen molar-refractivity contribution < 1.29 is 9.59 Å². The number of benzene rings is 3. The Hall–Kier alpha value is -3.84. The predicted molar refractivity (Wildman–Crippen MR) is 127 cm³/mol. The summed E-state index contributed by atoms with van der Waals surface area (Å²) in [5.74, 6) is 5.86. The zero-order chi connectivity index (χ0) is 22.2. The van der Waals surface area contributed by atoms with Crippen molar-refractivity contribution in [2.45, 2.75) is 25.2 Å². The number of carbonyl (C=O) groups excluding carboxylic acids is 2. The smallest absolute Gasteiger partial charge is 0.232 e. The van der Waals surface area contributed by atoms with Crippen LogP contribution in [-0.2, 0) is 9.59 Å². The molecular weight excluding hydrogens is 396 g/mol. The topological polar surface area (TPSA) is 49.4 Å². The summed E-state index contributed by atoms with van der Waals surface area (Å²) in [6.45, 7) is 1.04. The van der Waals surface area contributed by atoms with Gasteiger partial charge >= 0.3 is 0 Å². The number of hydrogen-bond acceptors (Lipinski definition) is 2. The number of rotatable bonds is 5. The zero-order valence-corrected chi connectivity index (χ0v) is 18.0. The summed E-state index contributed by atoms with van der Waals surface area (Å²) in [6, 6.07) is 27.3. The minimum absolute atomic E-state index is 0.0735. The maximum Gasteiger partial charge on any atom is 0.232 e. The van der Waals surface area contributed by atoms with Crippen molar-refractivity contribution in [2.75, 3.05) is 18.0 Å². The highest BCUT2D eigenvalue weighted by Gasteiger charge is 2.22. The van der Waals surface area contributed by atoms with Gasteiger partial charge in [0.2, 0.25) is 11.8 Å². The van der Waals surface area contributed by atoms with Gasteiger partial charge in [0.1, 0.15) is 0 Å². The van der Waals surface area contributed by atoms with Gasteiger partial charge in [-0.1, -0.05) is 72.5 Å². The average Bonchev–Trinajstić information content (AvgIpc) is 2.84. The largest absolute Gasteiger partial charge is 0.344 e. The van der Waals surface area contributed by atoms with Gasteiger partial charge in [-0.3, -0.25) is 9.59 Å². The Balaban J connectivity index is 1.39. The molecule has 0 atom stereocenters. The summed E-state index contributed by atoms with van der Waals surface area (Å²) in [6.07, 6.45) is 2.63. The SMILES string of the molecule is O=C(NCC#Cc1ccc(N2CCCCC2=O)cc1)C(c1ccccc1)c1ccccc1. The molecule has 3 aromatic carbocycles. The molecule has 1 saturated heterocycles. The minimum atomic E-state index is -0.374. The van der Waals surface area contributed by atoms with Gasteiger partial charge in [-0.05, 0) is 48.2 Å². The lowest BCUT2D eigenvalue weighted by molar-refractivity contribution is -0.121. The molecule has 2 amide bonds. The Morgan fingerprint density at radius 1 is 0.875 bits per heavy atom. The van der Waals surface area contributed by atoms with Crippen molar-refractivity contribution in [1.82, 2.24) is 5.32 Å². The highest BCUT2D eigenvalue weighted by atomic mass is 16.2. The second-order valence-electron chi connectivity index (χ2n) is 7.82. The van der Waals surface area contributed by atoms with E-state index in [4.69, 9.17) is 0 Å². The molecule has 1 aliphatic heterocycles. The molecule has 0 bridgehead atoms. The number of carbonyl (C=O) groups is 2. The molecule has 3 aromatic rings. The zero-order valence-electron chi connectivity index (χ0n) is 18.0. The third-order valence-corrected chi connectivity index (χ3v) is 5.61. The van der Waals surface area contributed by atoms with Gasteiger partial charge in [-0.2, -0.15) is 0 Å². The fraction of sp³-hybridized carbons (Fsp3) is 0.214. The number of hydrogen-bond donors (Lipinski definition) is 1. The lowest BCUT2D eigenvalue weighted by Crippen LogP contribution is -2.35. The van der Waals surface area contributed by atoms with Gasteiger partial charge in [-0.15, -0.1) is 0 Å². The lowest BCUT2D eigenvalue weighted by atomic mass is 9.90. The van der Waals surface area contributed by atoms with Crippen LogP contribution in [0.15, 0.2) is 84.9 Å². The maximum absolute atomic E-state index is 13.0. The Morgan fingerprint density at radius 3 is 2.09 bits per heavy atom. The molecule has 160 valence electrons. The summed E-state index contributed by atoms with van der Waals surface area (Å²) >= 11 is 0. The van der Waals surface area contributed by atoms with Crippen LogP contribution in [0.5, 0.6) is 0 Å². The molecule has 0 unspecified atom stereocenters. The molecule has 1 fully saturated rings. The Labute approximate surface area is 189 Å². The summed E-state index contributed by atoms with van der Waals surface area (Å²) in [4.78, 5) is 26.9. The van der Waals surface area contributed by atoms with Crippen LogP contribution < -0.4 is 10.2 Å². The standard InChI is InChI=1S/C28H26N2O2/c31-26-15-7-8-21-30(26)25-18-16-22(17-19-25)10-9-20-29-28(32)27(23-11-3-1-4-12-23)24-13-5-2-6-14-24/h1-6,11-14,16-19,27H,7-8,15,20-21H2,(H,29,32). The van der Waals surface area contributed by atoms with Crippen molar-refractivity contribution >= 4 is 17.5 Å². The van der Waals surface area contributed by atoms with E-state index in [1.807, 2.05) is 89.8 Å². The summed E-state index contributed by atoms with van der Waals surface area (Å²) in [5, 5.41) is 2.95. The van der Waals surface area contributed by atoms with Crippen LogP contribution in [0.4, 0.5) is 5.69 Å². The van der Waals surface area contributed by atoms with Crippen molar-refractivity contribution in [2.24, 2.45) is 0 Å². The van der Waals surface area contributed by atoms with Gasteiger partial charge in [0, 0.05) is 24.2 Å². The van der Waals surface area contributed by atoms with Crippen molar-refractivity contribution in [3.05, 3.63) is 102 Å². The third-order valence-electron chi connectivity index (χ3n) is 5.61. The molecule has 32 heavy (non-hydrogen) atoms. The molecule has 4 rings (SSSR count). The van der Waals surface area contributed by atoms with Crippen LogP contribution in [0.1, 0.15) is 41.9 Å². The number of nitrogens with one attached hydrogen (secondary N) is 1. The summed E-state index contributed by atoms with van der Waals surface area (Å²) in [5.41, 5.74) is 3.68. The fourth-order valence-corrected chi connectivity index (χ4v) is 3.97. The summed E-state index contributed by atoms with van der Waals surface area (Å²) < 4.78 is 0. The van der Waals surface area contributed by atoms with Gasteiger partial charge in [0.15, 0.2) is 0 Å². The van der Waals surface area contributed by atoms with E-state index in [1.54, 1.807) is 0 Å². The monoisotopic (exact) mass is 422 g/mol. The first-order chi connectivity index (χ1) is 15.7. The van der Waals surface area contributed by atoms with E-state index >= 15 is 0 Å². The van der Waals surface area contributed by atoms with Crippen LogP contribution in [0.3, 0.4) is 0 Å². The Morgan fingerprint density at radius 2 is 1.50 bits per heavy atom. The molecule has 0 radical (unpaired) electrons. The number of amides is 2. The van der Waals surface area contributed by atoms with E-state index in [1.165, 1.54) is 0 Å². The molecule has 1 N–H and O–H groups in total. The van der Waals surface area contributed by atoms with Crippen LogP contribution in [0.2, 0.25) is 0 Å². The number of nitrogens with zero attached hydrogens (tertiary/aromatic N) is 1. The summed E-state index contributed by atoms with van der Waals surface area (Å²) in [7, 11) is 0. The number of piperidine rings is 1. The van der Waals surface area contributed by atoms with E-state index in [0.29, 0.717) is 6.42 Å². The van der Waals surface area contributed by atoms with Gasteiger partial charge in [0.25, 0.3) is 0 Å². The number of anilines is 1. The molecule has 1 aliphatic rings. The van der Waals surface area contributed by atoms with Crippen molar-refractivity contribution in [3.63, 3.8) is 0 Å². The Bertz CT molecular complexity index is 1070. The van der Waals surface area contributed by atoms with E-state index in [-0.39, 0.29) is 24.3 Å². The first kappa shape index (κ1) is 21.4. The molecule has 0 spiro atoms. The van der Waals surface area contributed by atoms with Crippen LogP contribution in [0, 0.1) is 11.8 Å². The molecule has 0 saturated carbocycles. The highest BCUT2D eigenvalue weighted by Crippen LogP contribution is 2.24. The molecular formula is C28H26N2O2. The van der Waals surface area contributed by atoms with Gasteiger partial charge in [-0.25, -0.2) is 0 Å². The van der Waals surface area contributed by atoms with Gasteiger partial charge < -0.3 is 10.2 Å². The van der Waals surface area contributed by atoms with E-state index < -0.39 is 0 Å². The molecule has 4 heteroatoms. The lowest BCUT2D eigenvalue weighted by Gasteiger charge is -2.26. The highest BCUT2D eigenvalue weighted by molar-refractivity contribution is 5.94. The van der Waals surface area contributed by atoms with Crippen molar-refractivity contribution in [3.8, 4) is 11.8 Å². The van der Waals surface area contributed by atoms with Crippen LogP contribution >= 0.6 is 0 Å². The average molecular weight is 423 g/mol. The Kier molecular flexibility index (Phi) is 6.99. The minimum Gasteiger partial charge on any atom is -0.344 e. The normalized spacial score (nSPS) is 13.4. The predicted octanol–water partition coefficient (Wildman–Crippen LogP) is 4.50. The molecule has 0 aliphatic carbocycles.